The Labute approximate surface area is 145 Å². The van der Waals surface area contributed by atoms with Gasteiger partial charge >= 0.3 is 7.12 Å². The maximum Gasteiger partial charge on any atom is 0.491 e. The van der Waals surface area contributed by atoms with Crippen LogP contribution >= 0.6 is 0 Å². The van der Waals surface area contributed by atoms with Gasteiger partial charge in [0.2, 0.25) is 11.6 Å². The number of aryl methyl sites for hydroxylation is 1. The number of carbonyl (C=O) groups is 1. The molecule has 0 bridgehead atoms. The van der Waals surface area contributed by atoms with Crippen molar-refractivity contribution in [2.45, 2.75) is 13.0 Å². The number of Topliss-reactive ketones (excluding diaryl/α,β-unsaturated/α-hetero) is 1. The van der Waals surface area contributed by atoms with Gasteiger partial charge in [-0.25, -0.2) is 9.67 Å². The second-order valence-corrected chi connectivity index (χ2v) is 6.05. The number of ketones is 1. The molecule has 4 rings (SSSR count). The molecule has 1 aliphatic heterocycles. The van der Waals surface area contributed by atoms with Crippen LogP contribution in [-0.2, 0) is 24.7 Å². The molecule has 0 amide bonds. The SMILES string of the molecule is Cn1nc(C(=O)Cc2ccc3c(c2)B(O)OC3)nc1-c1ccccc1. The summed E-state index contributed by atoms with van der Waals surface area (Å²) in [4.78, 5) is 17.0. The van der Waals surface area contributed by atoms with E-state index in [4.69, 9.17) is 4.65 Å². The highest BCUT2D eigenvalue weighted by molar-refractivity contribution is 6.61. The maximum atomic E-state index is 12.6. The number of fused-ring (bicyclic) bond motifs is 1. The van der Waals surface area contributed by atoms with Crippen LogP contribution in [0.25, 0.3) is 11.4 Å². The molecule has 124 valence electrons. The largest absolute Gasteiger partial charge is 0.491 e. The Morgan fingerprint density at radius 3 is 2.88 bits per heavy atom. The van der Waals surface area contributed by atoms with E-state index in [1.807, 2.05) is 48.5 Å². The number of hydrogen-bond acceptors (Lipinski definition) is 5. The highest BCUT2D eigenvalue weighted by Crippen LogP contribution is 2.17. The van der Waals surface area contributed by atoms with Crippen molar-refractivity contribution in [3.8, 4) is 11.4 Å². The van der Waals surface area contributed by atoms with Gasteiger partial charge in [-0.3, -0.25) is 4.79 Å². The Hall–Kier alpha value is -2.77. The number of rotatable bonds is 4. The third kappa shape index (κ3) is 2.99. The van der Waals surface area contributed by atoms with Crippen molar-refractivity contribution in [2.75, 3.05) is 0 Å². The summed E-state index contributed by atoms with van der Waals surface area (Å²) in [5.41, 5.74) is 3.40. The van der Waals surface area contributed by atoms with E-state index >= 15 is 0 Å². The zero-order valence-electron chi connectivity index (χ0n) is 13.7. The van der Waals surface area contributed by atoms with Crippen molar-refractivity contribution in [1.29, 1.82) is 0 Å². The number of benzene rings is 2. The number of nitrogens with zero attached hydrogens (tertiary/aromatic N) is 3. The quantitative estimate of drug-likeness (QED) is 0.572. The summed E-state index contributed by atoms with van der Waals surface area (Å²) in [6, 6.07) is 15.2. The molecular weight excluding hydrogens is 317 g/mol. The van der Waals surface area contributed by atoms with Gasteiger partial charge < -0.3 is 9.68 Å². The van der Waals surface area contributed by atoms with Gasteiger partial charge in [0.05, 0.1) is 6.61 Å². The zero-order chi connectivity index (χ0) is 17.4. The summed E-state index contributed by atoms with van der Waals surface area (Å²) in [6.07, 6.45) is 0.179. The molecule has 2 heterocycles. The van der Waals surface area contributed by atoms with Crippen molar-refractivity contribution in [1.82, 2.24) is 14.8 Å². The lowest BCUT2D eigenvalue weighted by molar-refractivity contribution is 0.0983. The smallest absolute Gasteiger partial charge is 0.423 e. The first-order valence-electron chi connectivity index (χ1n) is 8.03. The van der Waals surface area contributed by atoms with Crippen LogP contribution in [0.1, 0.15) is 21.7 Å². The Kier molecular flexibility index (Phi) is 3.95. The molecule has 7 heteroatoms. The van der Waals surface area contributed by atoms with Crippen molar-refractivity contribution in [3.05, 3.63) is 65.5 Å². The molecule has 2 aromatic carbocycles. The summed E-state index contributed by atoms with van der Waals surface area (Å²) in [5.74, 6) is 0.687. The molecule has 0 aliphatic carbocycles. The van der Waals surface area contributed by atoms with Gasteiger partial charge in [0.15, 0.2) is 5.82 Å². The molecule has 1 N–H and O–H groups in total. The summed E-state index contributed by atoms with van der Waals surface area (Å²) in [6.45, 7) is 0.396. The van der Waals surface area contributed by atoms with Crippen molar-refractivity contribution in [3.63, 3.8) is 0 Å². The molecule has 1 aromatic heterocycles. The fourth-order valence-electron chi connectivity index (χ4n) is 2.98. The zero-order valence-corrected chi connectivity index (χ0v) is 13.7. The van der Waals surface area contributed by atoms with Gasteiger partial charge in [-0.05, 0) is 16.6 Å². The minimum absolute atomic E-state index is 0.161. The van der Waals surface area contributed by atoms with E-state index in [0.29, 0.717) is 12.4 Å². The number of carbonyl (C=O) groups excluding carboxylic acids is 1. The molecule has 0 fully saturated rings. The van der Waals surface area contributed by atoms with Crippen LogP contribution in [0.15, 0.2) is 48.5 Å². The van der Waals surface area contributed by atoms with E-state index in [1.54, 1.807) is 11.7 Å². The van der Waals surface area contributed by atoms with Gasteiger partial charge in [0.1, 0.15) is 0 Å². The molecule has 0 unspecified atom stereocenters. The van der Waals surface area contributed by atoms with Crippen LogP contribution in [0.4, 0.5) is 0 Å². The van der Waals surface area contributed by atoms with Crippen LogP contribution in [0.2, 0.25) is 0 Å². The third-order valence-corrected chi connectivity index (χ3v) is 4.28. The third-order valence-electron chi connectivity index (χ3n) is 4.28. The Bertz CT molecular complexity index is 940. The van der Waals surface area contributed by atoms with Gasteiger partial charge in [0, 0.05) is 19.0 Å². The average molecular weight is 333 g/mol. The molecule has 0 atom stereocenters. The second-order valence-electron chi connectivity index (χ2n) is 6.05. The van der Waals surface area contributed by atoms with E-state index in [0.717, 1.165) is 22.2 Å². The highest BCUT2D eigenvalue weighted by Gasteiger charge is 2.27. The van der Waals surface area contributed by atoms with Crippen LogP contribution in [0.3, 0.4) is 0 Å². The molecule has 25 heavy (non-hydrogen) atoms. The van der Waals surface area contributed by atoms with E-state index < -0.39 is 7.12 Å². The van der Waals surface area contributed by atoms with Crippen molar-refractivity contribution < 1.29 is 14.5 Å². The molecule has 3 aromatic rings. The van der Waals surface area contributed by atoms with Crippen LogP contribution in [0.5, 0.6) is 0 Å². The van der Waals surface area contributed by atoms with Crippen LogP contribution in [0, 0.1) is 0 Å². The van der Waals surface area contributed by atoms with E-state index in [2.05, 4.69) is 10.1 Å². The predicted molar refractivity (Wildman–Crippen MR) is 93.3 cm³/mol. The first-order chi connectivity index (χ1) is 12.1. The normalized spacial score (nSPS) is 13.1. The summed E-state index contributed by atoms with van der Waals surface area (Å²) in [7, 11) is 0.859. The fourth-order valence-corrected chi connectivity index (χ4v) is 2.98. The number of aromatic nitrogens is 3. The lowest BCUT2D eigenvalue weighted by atomic mass is 9.78. The first kappa shape index (κ1) is 15.7. The Balaban J connectivity index is 1.57. The standard InChI is InChI=1S/C18H16BN3O3/c1-22-18(13-5-3-2-4-6-13)20-17(21-22)16(23)10-12-7-8-14-11-25-19(24)15(14)9-12/h2-9,24H,10-11H2,1H3. The minimum atomic E-state index is -0.914. The summed E-state index contributed by atoms with van der Waals surface area (Å²) >= 11 is 0. The highest BCUT2D eigenvalue weighted by atomic mass is 16.5. The number of hydrogen-bond donors (Lipinski definition) is 1. The van der Waals surface area contributed by atoms with Gasteiger partial charge in [-0.1, -0.05) is 48.5 Å². The predicted octanol–water partition coefficient (Wildman–Crippen LogP) is 1.13. The molecule has 6 nitrogen and oxygen atoms in total. The van der Waals surface area contributed by atoms with Gasteiger partial charge in [0.25, 0.3) is 0 Å². The fraction of sp³-hybridized carbons (Fsp3) is 0.167. The van der Waals surface area contributed by atoms with Gasteiger partial charge in [-0.15, -0.1) is 5.10 Å². The lowest BCUT2D eigenvalue weighted by Crippen LogP contribution is -2.28. The summed E-state index contributed by atoms with van der Waals surface area (Å²) < 4.78 is 6.79. The summed E-state index contributed by atoms with van der Waals surface area (Å²) in [5, 5.41) is 14.0. The minimum Gasteiger partial charge on any atom is -0.423 e. The topological polar surface area (TPSA) is 77.2 Å². The van der Waals surface area contributed by atoms with Crippen LogP contribution in [-0.4, -0.2) is 32.7 Å². The second kappa shape index (κ2) is 6.27. The molecule has 0 radical (unpaired) electrons. The maximum absolute atomic E-state index is 12.6. The van der Waals surface area contributed by atoms with E-state index in [1.165, 1.54) is 0 Å². The van der Waals surface area contributed by atoms with Crippen LogP contribution < -0.4 is 5.46 Å². The molecular formula is C18H16BN3O3. The Morgan fingerprint density at radius 2 is 2.08 bits per heavy atom. The van der Waals surface area contributed by atoms with E-state index in [-0.39, 0.29) is 18.0 Å². The lowest BCUT2D eigenvalue weighted by Gasteiger charge is -2.02. The van der Waals surface area contributed by atoms with Gasteiger partial charge in [-0.2, -0.15) is 0 Å². The Morgan fingerprint density at radius 1 is 1.28 bits per heavy atom. The molecule has 0 saturated heterocycles. The van der Waals surface area contributed by atoms with Crippen molar-refractivity contribution in [2.24, 2.45) is 7.05 Å². The average Bonchev–Trinajstić information content (AvgIpc) is 3.19. The molecule has 0 saturated carbocycles. The van der Waals surface area contributed by atoms with Crippen molar-refractivity contribution >= 4 is 18.4 Å². The molecule has 0 spiro atoms. The monoisotopic (exact) mass is 333 g/mol. The van der Waals surface area contributed by atoms with E-state index in [9.17, 15) is 9.82 Å². The first-order valence-corrected chi connectivity index (χ1v) is 8.03. The molecule has 1 aliphatic rings.